The number of hydrogen-bond acceptors (Lipinski definition) is 9. The van der Waals surface area contributed by atoms with Gasteiger partial charge in [0, 0.05) is 37.5 Å². The smallest absolute Gasteiger partial charge is 0.792 e. The Morgan fingerprint density at radius 3 is 2.58 bits per heavy atom. The van der Waals surface area contributed by atoms with Gasteiger partial charge in [-0.25, -0.2) is 4.79 Å². The van der Waals surface area contributed by atoms with E-state index in [9.17, 15) is 10.0 Å². The Morgan fingerprint density at radius 2 is 1.88 bits per heavy atom. The van der Waals surface area contributed by atoms with Gasteiger partial charge in [-0.1, -0.05) is 18.2 Å². The summed E-state index contributed by atoms with van der Waals surface area (Å²) in [6.07, 6.45) is 8.24. The summed E-state index contributed by atoms with van der Waals surface area (Å²) >= 11 is 0. The maximum Gasteiger partial charge on any atom is 1.00 e. The molecule has 0 aromatic heterocycles. The Bertz CT molecular complexity index is 827. The van der Waals surface area contributed by atoms with Gasteiger partial charge < -0.3 is 39.8 Å². The summed E-state index contributed by atoms with van der Waals surface area (Å²) in [5.74, 6) is 0.0648. The monoisotopic (exact) mass is 486 g/mol. The number of hydrogen-bond donors (Lipinski definition) is 1. The van der Waals surface area contributed by atoms with E-state index in [4.69, 9.17) is 29.4 Å². The topological polar surface area (TPSA) is 125 Å². The summed E-state index contributed by atoms with van der Waals surface area (Å²) < 4.78 is 27.3. The van der Waals surface area contributed by atoms with Crippen molar-refractivity contribution in [3.63, 3.8) is 0 Å². The maximum absolute atomic E-state index is 13.0. The molecule has 2 N–H and O–H groups in total. The number of rotatable bonds is 8. The minimum Gasteiger partial charge on any atom is -0.792 e. The average Bonchev–Trinajstić information content (AvgIpc) is 2.77. The first-order chi connectivity index (χ1) is 15.6. The third-order valence-electron chi connectivity index (χ3n) is 4.48. The van der Waals surface area contributed by atoms with E-state index in [-0.39, 0.29) is 101 Å². The van der Waals surface area contributed by atoms with Gasteiger partial charge in [-0.2, -0.15) is 0 Å². The molecule has 0 aliphatic carbocycles. The fourth-order valence-corrected chi connectivity index (χ4v) is 2.91. The largest absolute Gasteiger partial charge is 1.00 e. The molecule has 0 saturated carbocycles. The van der Waals surface area contributed by atoms with Crippen LogP contribution in [0.2, 0.25) is 0 Å². The van der Waals surface area contributed by atoms with Gasteiger partial charge in [0.15, 0.2) is 13.6 Å². The fraction of sp³-hybridized carbons (Fsp3) is 0.478. The third-order valence-corrected chi connectivity index (χ3v) is 4.48. The molecular weight excluding hydrogens is 455 g/mol. The predicted octanol–water partition coefficient (Wildman–Crippen LogP) is 0.308. The molecule has 1 aliphatic heterocycles. The van der Waals surface area contributed by atoms with Crippen LogP contribution in [0.25, 0.3) is 0 Å². The Labute approximate surface area is 237 Å². The number of ether oxygens (including phenoxy) is 5. The van der Waals surface area contributed by atoms with Crippen molar-refractivity contribution < 1.29 is 79.9 Å². The molecule has 1 aromatic carbocycles. The van der Waals surface area contributed by atoms with E-state index >= 15 is 0 Å². The third kappa shape index (κ3) is 10.7. The van der Waals surface area contributed by atoms with Gasteiger partial charge in [0.05, 0.1) is 6.61 Å². The molecule has 1 heterocycles. The van der Waals surface area contributed by atoms with Crippen LogP contribution in [0.1, 0.15) is 42.6 Å². The molecule has 0 amide bonds. The Kier molecular flexibility index (Phi) is 15.6. The molecule has 0 radical (unpaired) electrons. The van der Waals surface area contributed by atoms with Gasteiger partial charge in [-0.3, -0.25) is 0 Å². The molecule has 33 heavy (non-hydrogen) atoms. The maximum atomic E-state index is 13.0. The molecule has 0 fully saturated rings. The molecule has 2 rings (SSSR count). The number of carbonyl (C=O) groups is 1. The van der Waals surface area contributed by atoms with Crippen LogP contribution >= 0.6 is 0 Å². The molecule has 0 saturated heterocycles. The van der Waals surface area contributed by atoms with Crippen LogP contribution in [0.4, 0.5) is 0 Å². The number of fused-ring (bicyclic) bond motifs is 1. The number of nitrogens with zero attached hydrogens (tertiary/aromatic N) is 1. The summed E-state index contributed by atoms with van der Waals surface area (Å²) in [5, 5.41) is 14.6. The van der Waals surface area contributed by atoms with Crippen LogP contribution in [-0.2, 0) is 20.6 Å². The molecule has 0 spiro atoms. The normalized spacial score (nSPS) is 20.0. The summed E-state index contributed by atoms with van der Waals surface area (Å²) in [6, 6.07) is 3.02. The average molecular weight is 487 g/mol. The van der Waals surface area contributed by atoms with E-state index < -0.39 is 5.97 Å². The first-order valence-electron chi connectivity index (χ1n) is 10.6. The number of cyclic esters (lactones) is 1. The van der Waals surface area contributed by atoms with Crippen molar-refractivity contribution in [3.05, 3.63) is 52.8 Å². The standard InChI is InChI=1S/C23H32N2O7.K/c1-3-28-15-31-20-13-17-12-19(25-27)10-7-9-18(24)8-5-6-11-30-23(26)22(17)21(14-20)32-16-29-4-2;/h5,7-8,10,13-14,18,27H,3-4,6,9,11-12,15-16,24H2,1-2H3;/q;+1/p-1/b8-5+,10-7+,25-19-;. The summed E-state index contributed by atoms with van der Waals surface area (Å²) in [6.45, 7) is 4.75. The summed E-state index contributed by atoms with van der Waals surface area (Å²) in [4.78, 5) is 13.0. The van der Waals surface area contributed by atoms with Crippen molar-refractivity contribution in [3.8, 4) is 11.5 Å². The van der Waals surface area contributed by atoms with Crippen molar-refractivity contribution in [2.45, 2.75) is 39.2 Å². The minimum absolute atomic E-state index is 0. The Hall–Kier alpha value is -1.24. The zero-order valence-electron chi connectivity index (χ0n) is 19.6. The van der Waals surface area contributed by atoms with Gasteiger partial charge in [0.25, 0.3) is 0 Å². The van der Waals surface area contributed by atoms with Crippen molar-refractivity contribution in [1.29, 1.82) is 0 Å². The molecule has 1 unspecified atom stereocenters. The van der Waals surface area contributed by atoms with Gasteiger partial charge in [0.2, 0.25) is 0 Å². The number of allylic oxidation sites excluding steroid dienone is 1. The van der Waals surface area contributed by atoms with Crippen molar-refractivity contribution in [1.82, 2.24) is 0 Å². The second kappa shape index (κ2) is 17.2. The van der Waals surface area contributed by atoms with Crippen LogP contribution in [0.5, 0.6) is 11.5 Å². The zero-order chi connectivity index (χ0) is 23.2. The number of esters is 1. The van der Waals surface area contributed by atoms with E-state index in [0.717, 1.165) is 0 Å². The van der Waals surface area contributed by atoms with Crippen LogP contribution in [0.15, 0.2) is 41.6 Å². The molecule has 1 atom stereocenters. The first-order valence-corrected chi connectivity index (χ1v) is 10.6. The Morgan fingerprint density at radius 1 is 1.15 bits per heavy atom. The van der Waals surface area contributed by atoms with Crippen molar-refractivity contribution in [2.24, 2.45) is 10.9 Å². The second-order valence-corrected chi connectivity index (χ2v) is 6.88. The molecular formula is C23H31KN2O7. The molecule has 1 aliphatic rings. The molecule has 176 valence electrons. The molecule has 1 aromatic rings. The van der Waals surface area contributed by atoms with Crippen molar-refractivity contribution in [2.75, 3.05) is 33.4 Å². The van der Waals surface area contributed by atoms with Gasteiger partial charge in [-0.05, 0) is 44.4 Å². The van der Waals surface area contributed by atoms with E-state index in [0.29, 0.717) is 37.4 Å². The number of nitrogens with two attached hydrogens (primary N) is 1. The second-order valence-electron chi connectivity index (χ2n) is 6.88. The minimum atomic E-state index is -0.577. The van der Waals surface area contributed by atoms with E-state index in [2.05, 4.69) is 5.16 Å². The van der Waals surface area contributed by atoms with Crippen molar-refractivity contribution >= 4 is 11.7 Å². The number of benzene rings is 1. The van der Waals surface area contributed by atoms with E-state index in [1.807, 2.05) is 26.0 Å². The van der Waals surface area contributed by atoms with Gasteiger partial charge >= 0.3 is 57.4 Å². The summed E-state index contributed by atoms with van der Waals surface area (Å²) in [5.41, 5.74) is 6.91. The van der Waals surface area contributed by atoms with Crippen LogP contribution in [0, 0.1) is 5.21 Å². The van der Waals surface area contributed by atoms with E-state index in [1.165, 1.54) is 0 Å². The number of carbonyl (C=O) groups excluding carboxylic acids is 1. The molecule has 9 nitrogen and oxygen atoms in total. The quantitative estimate of drug-likeness (QED) is 0.139. The molecule has 10 heteroatoms. The van der Waals surface area contributed by atoms with Crippen LogP contribution in [-0.4, -0.2) is 51.1 Å². The predicted molar refractivity (Wildman–Crippen MR) is 121 cm³/mol. The van der Waals surface area contributed by atoms with Gasteiger partial charge in [-0.15, -0.1) is 0 Å². The van der Waals surface area contributed by atoms with Gasteiger partial charge in [0.1, 0.15) is 17.1 Å². The Balaban J connectivity index is 0.00000544. The van der Waals surface area contributed by atoms with Crippen LogP contribution in [0.3, 0.4) is 0 Å². The fourth-order valence-electron chi connectivity index (χ4n) is 2.91. The van der Waals surface area contributed by atoms with E-state index in [1.54, 1.807) is 24.3 Å². The zero-order valence-corrected chi connectivity index (χ0v) is 22.7. The SMILES string of the molecule is CCOCOc1cc2c(c(OCOCC)c1)C(=O)OCC/C=C/C(N)C/C=C/C(=N/[O-])C2.[K+]. The summed E-state index contributed by atoms with van der Waals surface area (Å²) in [7, 11) is 0. The first kappa shape index (κ1) is 29.8. The van der Waals surface area contributed by atoms with Crippen LogP contribution < -0.4 is 66.6 Å². The molecule has 0 bridgehead atoms.